The van der Waals surface area contributed by atoms with Crippen molar-refractivity contribution in [1.82, 2.24) is 0 Å². The van der Waals surface area contributed by atoms with Crippen LogP contribution in [0, 0.1) is 5.41 Å². The van der Waals surface area contributed by atoms with E-state index in [0.29, 0.717) is 13.2 Å². The first-order valence-electron chi connectivity index (χ1n) is 5.03. The fourth-order valence-electron chi connectivity index (χ4n) is 1.96. The minimum Gasteiger partial charge on any atom is -0.396 e. The Bertz CT molecular complexity index is 160. The monoisotopic (exact) mass is 188 g/mol. The smallest absolute Gasteiger partial charge is 0.175 e. The summed E-state index contributed by atoms with van der Waals surface area (Å²) in [6, 6.07) is 0. The van der Waals surface area contributed by atoms with Gasteiger partial charge in [-0.3, -0.25) is 0 Å². The molecule has 0 amide bonds. The molecule has 1 fully saturated rings. The van der Waals surface area contributed by atoms with E-state index >= 15 is 0 Å². The average Bonchev–Trinajstić information content (AvgIpc) is 2.14. The molecule has 1 aliphatic rings. The molecule has 1 atom stereocenters. The molecule has 0 aliphatic heterocycles. The maximum Gasteiger partial charge on any atom is 0.175 e. The van der Waals surface area contributed by atoms with Gasteiger partial charge >= 0.3 is 0 Å². The third-order valence-corrected chi connectivity index (χ3v) is 3.03. The maximum atomic E-state index is 9.27. The fraction of sp³-hybridized carbons (Fsp3) is 1.00. The number of aliphatic hydroxyl groups is 1. The summed E-state index contributed by atoms with van der Waals surface area (Å²) < 4.78 is 11.3. The van der Waals surface area contributed by atoms with Gasteiger partial charge in [-0.1, -0.05) is 6.92 Å². The first-order valence-corrected chi connectivity index (χ1v) is 5.03. The van der Waals surface area contributed by atoms with Crippen LogP contribution in [0.25, 0.3) is 0 Å². The summed E-state index contributed by atoms with van der Waals surface area (Å²) in [5, 5.41) is 9.27. The molecule has 0 saturated heterocycles. The zero-order chi connectivity index (χ0) is 9.95. The van der Waals surface area contributed by atoms with Gasteiger partial charge in [0.05, 0.1) is 6.61 Å². The zero-order valence-electron chi connectivity index (χ0n) is 8.80. The molecule has 0 spiro atoms. The number of hydrogen-bond acceptors (Lipinski definition) is 3. The Labute approximate surface area is 80.0 Å². The predicted molar refractivity (Wildman–Crippen MR) is 50.4 cm³/mol. The van der Waals surface area contributed by atoms with E-state index in [2.05, 4.69) is 0 Å². The van der Waals surface area contributed by atoms with Gasteiger partial charge in [-0.05, 0) is 20.3 Å². The predicted octanol–water partition coefficient (Wildman–Crippen LogP) is 1.55. The van der Waals surface area contributed by atoms with Crippen molar-refractivity contribution >= 4 is 0 Å². The topological polar surface area (TPSA) is 38.7 Å². The molecule has 3 heteroatoms. The van der Waals surface area contributed by atoms with E-state index in [1.54, 1.807) is 0 Å². The highest BCUT2D eigenvalue weighted by Gasteiger charge is 2.58. The maximum absolute atomic E-state index is 9.27. The molecule has 3 nitrogen and oxygen atoms in total. The molecular weight excluding hydrogens is 168 g/mol. The van der Waals surface area contributed by atoms with Gasteiger partial charge in [0.2, 0.25) is 0 Å². The van der Waals surface area contributed by atoms with Gasteiger partial charge in [-0.25, -0.2) is 0 Å². The van der Waals surface area contributed by atoms with Crippen LogP contribution in [0.3, 0.4) is 0 Å². The van der Waals surface area contributed by atoms with Crippen molar-refractivity contribution in [2.24, 2.45) is 5.41 Å². The molecular formula is C10H20O3. The summed E-state index contributed by atoms with van der Waals surface area (Å²) >= 11 is 0. The Morgan fingerprint density at radius 1 is 1.15 bits per heavy atom. The molecule has 1 rings (SSSR count). The second kappa shape index (κ2) is 3.95. The van der Waals surface area contributed by atoms with Crippen molar-refractivity contribution in [3.05, 3.63) is 0 Å². The standard InChI is InChI=1S/C10H20O3/c1-4-12-10(13-5-2)7-6-9(10,3)8-11/h11H,4-8H2,1-3H3. The van der Waals surface area contributed by atoms with Crippen LogP contribution in [0.15, 0.2) is 0 Å². The number of ether oxygens (including phenoxy) is 2. The largest absolute Gasteiger partial charge is 0.396 e. The Morgan fingerprint density at radius 2 is 1.69 bits per heavy atom. The average molecular weight is 188 g/mol. The summed E-state index contributed by atoms with van der Waals surface area (Å²) in [6.45, 7) is 7.33. The third kappa shape index (κ3) is 1.60. The lowest BCUT2D eigenvalue weighted by Crippen LogP contribution is -2.61. The normalized spacial score (nSPS) is 31.4. The first kappa shape index (κ1) is 11.0. The van der Waals surface area contributed by atoms with E-state index < -0.39 is 5.79 Å². The SMILES string of the molecule is CCOC1(OCC)CCC1(C)CO. The van der Waals surface area contributed by atoms with Crippen molar-refractivity contribution < 1.29 is 14.6 Å². The zero-order valence-corrected chi connectivity index (χ0v) is 8.80. The highest BCUT2D eigenvalue weighted by molar-refractivity contribution is 5.00. The third-order valence-electron chi connectivity index (χ3n) is 3.03. The van der Waals surface area contributed by atoms with Crippen molar-refractivity contribution in [3.8, 4) is 0 Å². The summed E-state index contributed by atoms with van der Waals surface area (Å²) in [5.41, 5.74) is -0.209. The summed E-state index contributed by atoms with van der Waals surface area (Å²) in [4.78, 5) is 0. The van der Waals surface area contributed by atoms with E-state index in [-0.39, 0.29) is 12.0 Å². The summed E-state index contributed by atoms with van der Waals surface area (Å²) in [7, 11) is 0. The van der Waals surface area contributed by atoms with Gasteiger partial charge in [0, 0.05) is 25.0 Å². The van der Waals surface area contributed by atoms with Crippen LogP contribution in [0.4, 0.5) is 0 Å². The number of rotatable bonds is 5. The molecule has 0 bridgehead atoms. The van der Waals surface area contributed by atoms with Crippen molar-refractivity contribution in [1.29, 1.82) is 0 Å². The van der Waals surface area contributed by atoms with E-state index in [4.69, 9.17) is 9.47 Å². The van der Waals surface area contributed by atoms with E-state index in [1.807, 2.05) is 20.8 Å². The molecule has 0 aromatic heterocycles. The molecule has 0 radical (unpaired) electrons. The Hall–Kier alpha value is -0.120. The molecule has 1 aliphatic carbocycles. The number of hydrogen-bond donors (Lipinski definition) is 1. The summed E-state index contributed by atoms with van der Waals surface area (Å²) in [6.07, 6.45) is 1.87. The van der Waals surface area contributed by atoms with Gasteiger partial charge in [0.25, 0.3) is 0 Å². The molecule has 0 heterocycles. The Balaban J connectivity index is 2.67. The van der Waals surface area contributed by atoms with Gasteiger partial charge in [0.1, 0.15) is 0 Å². The lowest BCUT2D eigenvalue weighted by atomic mass is 9.64. The molecule has 0 aromatic carbocycles. The molecule has 13 heavy (non-hydrogen) atoms. The van der Waals surface area contributed by atoms with Gasteiger partial charge in [0.15, 0.2) is 5.79 Å². The van der Waals surface area contributed by atoms with Gasteiger partial charge < -0.3 is 14.6 Å². The first-order chi connectivity index (χ1) is 6.14. The van der Waals surface area contributed by atoms with Crippen molar-refractivity contribution in [2.45, 2.75) is 39.4 Å². The van der Waals surface area contributed by atoms with E-state index in [9.17, 15) is 5.11 Å². The quantitative estimate of drug-likeness (QED) is 0.665. The van der Waals surface area contributed by atoms with Crippen molar-refractivity contribution in [3.63, 3.8) is 0 Å². The minimum atomic E-state index is -0.523. The van der Waals surface area contributed by atoms with Crippen LogP contribution in [0.5, 0.6) is 0 Å². The molecule has 1 unspecified atom stereocenters. The lowest BCUT2D eigenvalue weighted by molar-refractivity contribution is -0.349. The summed E-state index contributed by atoms with van der Waals surface area (Å²) in [5.74, 6) is -0.523. The van der Waals surface area contributed by atoms with Crippen LogP contribution >= 0.6 is 0 Å². The van der Waals surface area contributed by atoms with Crippen molar-refractivity contribution in [2.75, 3.05) is 19.8 Å². The molecule has 1 saturated carbocycles. The molecule has 78 valence electrons. The van der Waals surface area contributed by atoms with E-state index in [0.717, 1.165) is 12.8 Å². The Kier molecular flexibility index (Phi) is 3.33. The van der Waals surface area contributed by atoms with Crippen LogP contribution in [-0.4, -0.2) is 30.7 Å². The minimum absolute atomic E-state index is 0.132. The van der Waals surface area contributed by atoms with Crippen LogP contribution in [-0.2, 0) is 9.47 Å². The second-order valence-electron chi connectivity index (χ2n) is 3.84. The van der Waals surface area contributed by atoms with Crippen LogP contribution < -0.4 is 0 Å². The second-order valence-corrected chi connectivity index (χ2v) is 3.84. The number of aliphatic hydroxyl groups excluding tert-OH is 1. The lowest BCUT2D eigenvalue weighted by Gasteiger charge is -2.55. The van der Waals surface area contributed by atoms with Crippen LogP contribution in [0.2, 0.25) is 0 Å². The Morgan fingerprint density at radius 3 is 1.92 bits per heavy atom. The fourth-order valence-corrected chi connectivity index (χ4v) is 1.96. The van der Waals surface area contributed by atoms with Gasteiger partial charge in [-0.2, -0.15) is 0 Å². The highest BCUT2D eigenvalue weighted by Crippen LogP contribution is 2.52. The molecule has 0 aromatic rings. The van der Waals surface area contributed by atoms with E-state index in [1.165, 1.54) is 0 Å². The van der Waals surface area contributed by atoms with Crippen LogP contribution in [0.1, 0.15) is 33.6 Å². The highest BCUT2D eigenvalue weighted by atomic mass is 16.7. The molecule has 1 N–H and O–H groups in total. The van der Waals surface area contributed by atoms with Gasteiger partial charge in [-0.15, -0.1) is 0 Å².